The number of carbonyl (C=O) groups is 1. The minimum absolute atomic E-state index is 0.0839. The number of hydrogen-bond acceptors (Lipinski definition) is 2. The monoisotopic (exact) mass is 346 g/mol. The third kappa shape index (κ3) is 4.05. The van der Waals surface area contributed by atoms with E-state index >= 15 is 0 Å². The summed E-state index contributed by atoms with van der Waals surface area (Å²) in [5.41, 5.74) is 2.65. The first-order valence-electron chi connectivity index (χ1n) is 9.72. The Kier molecular flexibility index (Phi) is 5.78. The molecule has 0 bridgehead atoms. The van der Waals surface area contributed by atoms with Crippen LogP contribution in [0.15, 0.2) is 24.3 Å². The van der Waals surface area contributed by atoms with Crippen molar-refractivity contribution >= 4 is 5.91 Å². The van der Waals surface area contributed by atoms with Gasteiger partial charge in [0.1, 0.15) is 6.67 Å². The van der Waals surface area contributed by atoms with Gasteiger partial charge >= 0.3 is 0 Å². The van der Waals surface area contributed by atoms with Gasteiger partial charge in [-0.2, -0.15) is 0 Å². The third-order valence-corrected chi connectivity index (χ3v) is 6.05. The Morgan fingerprint density at radius 2 is 1.88 bits per heavy atom. The molecule has 2 saturated heterocycles. The highest BCUT2D eigenvalue weighted by molar-refractivity contribution is 5.79. The van der Waals surface area contributed by atoms with E-state index in [4.69, 9.17) is 0 Å². The summed E-state index contributed by atoms with van der Waals surface area (Å²) < 4.78 is 12.9. The topological polar surface area (TPSA) is 23.6 Å². The molecule has 1 aromatic carbocycles. The second kappa shape index (κ2) is 7.86. The van der Waals surface area contributed by atoms with Gasteiger partial charge in [0.05, 0.1) is 0 Å². The number of amides is 1. The largest absolute Gasteiger partial charge is 0.334 e. The van der Waals surface area contributed by atoms with E-state index < -0.39 is 6.67 Å². The Morgan fingerprint density at radius 1 is 1.12 bits per heavy atom. The fraction of sp³-hybridized carbons (Fsp3) is 0.667. The highest BCUT2D eigenvalue weighted by Gasteiger charge is 2.45. The summed E-state index contributed by atoms with van der Waals surface area (Å²) in [6.45, 7) is 7.29. The van der Waals surface area contributed by atoms with Crippen molar-refractivity contribution in [2.75, 3.05) is 26.3 Å². The van der Waals surface area contributed by atoms with E-state index in [1.807, 2.05) is 4.90 Å². The van der Waals surface area contributed by atoms with Crippen molar-refractivity contribution < 1.29 is 9.18 Å². The standard InChI is InChI=1S/C21H31FN2O/c1-17(2)19-6-4-18(5-7-19)16-23-13-3-9-21(11-14-23)10-8-20(25)24(21)15-12-22/h4-7,17H,3,8-16H2,1-2H3/t21-/m1/s1. The van der Waals surface area contributed by atoms with Crippen LogP contribution in [0.5, 0.6) is 0 Å². The van der Waals surface area contributed by atoms with E-state index in [1.165, 1.54) is 11.1 Å². The fourth-order valence-electron chi connectivity index (χ4n) is 4.50. The van der Waals surface area contributed by atoms with Gasteiger partial charge in [-0.15, -0.1) is 0 Å². The Labute approximate surface area is 151 Å². The lowest BCUT2D eigenvalue weighted by Gasteiger charge is -2.37. The molecule has 3 rings (SSSR count). The third-order valence-electron chi connectivity index (χ3n) is 6.05. The molecule has 0 aliphatic carbocycles. The summed E-state index contributed by atoms with van der Waals surface area (Å²) in [7, 11) is 0. The van der Waals surface area contributed by atoms with E-state index in [-0.39, 0.29) is 18.0 Å². The van der Waals surface area contributed by atoms with Gasteiger partial charge in [0.25, 0.3) is 0 Å². The van der Waals surface area contributed by atoms with E-state index in [2.05, 4.69) is 43.0 Å². The molecule has 0 saturated carbocycles. The maximum Gasteiger partial charge on any atom is 0.223 e. The average molecular weight is 346 g/mol. The lowest BCUT2D eigenvalue weighted by molar-refractivity contribution is -0.131. The molecule has 1 aromatic rings. The highest BCUT2D eigenvalue weighted by atomic mass is 19.1. The van der Waals surface area contributed by atoms with E-state index in [1.54, 1.807) is 0 Å². The molecule has 2 fully saturated rings. The Balaban J connectivity index is 1.62. The van der Waals surface area contributed by atoms with Crippen molar-refractivity contribution in [3.8, 4) is 0 Å². The first kappa shape index (κ1) is 18.4. The second-order valence-corrected chi connectivity index (χ2v) is 7.98. The van der Waals surface area contributed by atoms with Crippen molar-refractivity contribution in [2.24, 2.45) is 0 Å². The van der Waals surface area contributed by atoms with Crippen molar-refractivity contribution in [3.63, 3.8) is 0 Å². The summed E-state index contributed by atoms with van der Waals surface area (Å²) in [5.74, 6) is 0.712. The van der Waals surface area contributed by atoms with Crippen LogP contribution in [0.3, 0.4) is 0 Å². The minimum Gasteiger partial charge on any atom is -0.334 e. The van der Waals surface area contributed by atoms with Gasteiger partial charge in [-0.3, -0.25) is 9.69 Å². The summed E-state index contributed by atoms with van der Waals surface area (Å²) in [6.07, 6.45) is 4.57. The molecule has 3 nitrogen and oxygen atoms in total. The minimum atomic E-state index is -0.431. The number of benzene rings is 1. The van der Waals surface area contributed by atoms with Crippen LogP contribution in [-0.4, -0.2) is 47.6 Å². The zero-order valence-electron chi connectivity index (χ0n) is 15.6. The highest BCUT2D eigenvalue weighted by Crippen LogP contribution is 2.39. The van der Waals surface area contributed by atoms with Crippen LogP contribution in [0.25, 0.3) is 0 Å². The molecule has 0 unspecified atom stereocenters. The van der Waals surface area contributed by atoms with E-state index in [9.17, 15) is 9.18 Å². The number of likely N-dealkylation sites (tertiary alicyclic amines) is 2. The molecule has 138 valence electrons. The zero-order chi connectivity index (χ0) is 17.9. The summed E-state index contributed by atoms with van der Waals surface area (Å²) in [6, 6.07) is 8.95. The lowest BCUT2D eigenvalue weighted by Crippen LogP contribution is -2.47. The van der Waals surface area contributed by atoms with Gasteiger partial charge in [0.2, 0.25) is 5.91 Å². The van der Waals surface area contributed by atoms with Gasteiger partial charge in [-0.1, -0.05) is 38.1 Å². The maximum atomic E-state index is 12.9. The molecule has 1 atom stereocenters. The Morgan fingerprint density at radius 3 is 2.56 bits per heavy atom. The maximum absolute atomic E-state index is 12.9. The van der Waals surface area contributed by atoms with Crippen LogP contribution in [0.4, 0.5) is 4.39 Å². The van der Waals surface area contributed by atoms with Crippen molar-refractivity contribution in [1.82, 2.24) is 9.80 Å². The lowest BCUT2D eigenvalue weighted by atomic mass is 9.88. The van der Waals surface area contributed by atoms with Crippen molar-refractivity contribution in [3.05, 3.63) is 35.4 Å². The SMILES string of the molecule is CC(C)c1ccc(CN2CCC[C@@]3(CCC(=O)N3CCF)CC2)cc1. The molecule has 2 aliphatic rings. The molecule has 2 heterocycles. The normalized spacial score (nSPS) is 25.1. The number of alkyl halides is 1. The predicted octanol–water partition coefficient (Wildman–Crippen LogP) is 4.13. The second-order valence-electron chi connectivity index (χ2n) is 7.98. The number of carbonyl (C=O) groups excluding carboxylic acids is 1. The van der Waals surface area contributed by atoms with Crippen LogP contribution < -0.4 is 0 Å². The molecule has 0 radical (unpaired) electrons. The first-order valence-corrected chi connectivity index (χ1v) is 9.72. The molecule has 0 aromatic heterocycles. The summed E-state index contributed by atoms with van der Waals surface area (Å²) in [5, 5.41) is 0. The number of halogens is 1. The first-order chi connectivity index (χ1) is 12.0. The molecule has 0 N–H and O–H groups in total. The number of nitrogens with zero attached hydrogens (tertiary/aromatic N) is 2. The van der Waals surface area contributed by atoms with Crippen LogP contribution in [0.1, 0.15) is 63.0 Å². The molecule has 25 heavy (non-hydrogen) atoms. The van der Waals surface area contributed by atoms with Crippen LogP contribution in [-0.2, 0) is 11.3 Å². The quantitative estimate of drug-likeness (QED) is 0.800. The van der Waals surface area contributed by atoms with Gasteiger partial charge in [-0.25, -0.2) is 4.39 Å². The van der Waals surface area contributed by atoms with Gasteiger partial charge < -0.3 is 4.90 Å². The summed E-state index contributed by atoms with van der Waals surface area (Å²) >= 11 is 0. The van der Waals surface area contributed by atoms with E-state index in [0.717, 1.165) is 45.3 Å². The molecule has 1 amide bonds. The zero-order valence-corrected chi connectivity index (χ0v) is 15.6. The smallest absolute Gasteiger partial charge is 0.223 e. The van der Waals surface area contributed by atoms with Gasteiger partial charge in [0.15, 0.2) is 0 Å². The van der Waals surface area contributed by atoms with Crippen LogP contribution in [0.2, 0.25) is 0 Å². The van der Waals surface area contributed by atoms with Crippen molar-refractivity contribution in [2.45, 2.75) is 64.0 Å². The van der Waals surface area contributed by atoms with Crippen LogP contribution in [0, 0.1) is 0 Å². The molecular formula is C21H31FN2O. The molecule has 4 heteroatoms. The van der Waals surface area contributed by atoms with Crippen molar-refractivity contribution in [1.29, 1.82) is 0 Å². The predicted molar refractivity (Wildman–Crippen MR) is 99.3 cm³/mol. The summed E-state index contributed by atoms with van der Waals surface area (Å²) in [4.78, 5) is 16.5. The molecular weight excluding hydrogens is 315 g/mol. The fourth-order valence-corrected chi connectivity index (χ4v) is 4.50. The number of hydrogen-bond donors (Lipinski definition) is 0. The Hall–Kier alpha value is -1.42. The number of rotatable bonds is 5. The Bertz CT molecular complexity index is 586. The average Bonchev–Trinajstić information content (AvgIpc) is 2.78. The van der Waals surface area contributed by atoms with Gasteiger partial charge in [-0.05, 0) is 49.3 Å². The van der Waals surface area contributed by atoms with Gasteiger partial charge in [0, 0.05) is 31.6 Å². The molecule has 2 aliphatic heterocycles. The van der Waals surface area contributed by atoms with Crippen LogP contribution >= 0.6 is 0 Å². The van der Waals surface area contributed by atoms with E-state index in [0.29, 0.717) is 12.3 Å². The molecule has 1 spiro atoms.